The van der Waals surface area contributed by atoms with Crippen LogP contribution in [0.3, 0.4) is 0 Å². The SMILES string of the molecule is CCCCCCCCCCCCCCCCCCOCCOCCOCCOCCOCCOCCOCCOCCOCCN(C)C. The largest absolute Gasteiger partial charge is 0.379 e. The fourth-order valence-corrected chi connectivity index (χ4v) is 4.86. The maximum absolute atomic E-state index is 5.69. The molecule has 0 N–H and O–H groups in total. The normalized spacial score (nSPS) is 11.8. The van der Waals surface area contributed by atoms with Gasteiger partial charge in [-0.3, -0.25) is 0 Å². The van der Waals surface area contributed by atoms with Gasteiger partial charge in [-0.15, -0.1) is 0 Å². The van der Waals surface area contributed by atoms with Crippen molar-refractivity contribution < 1.29 is 42.6 Å². The number of ether oxygens (including phenoxy) is 9. The number of rotatable bonds is 44. The molecule has 290 valence electrons. The third kappa shape index (κ3) is 45.6. The first-order chi connectivity index (χ1) is 23.8. The molecule has 0 fully saturated rings. The van der Waals surface area contributed by atoms with Crippen LogP contribution >= 0.6 is 0 Å². The lowest BCUT2D eigenvalue weighted by molar-refractivity contribution is -0.0251. The molecule has 0 aromatic rings. The van der Waals surface area contributed by atoms with Crippen molar-refractivity contribution >= 4 is 0 Å². The van der Waals surface area contributed by atoms with Crippen LogP contribution in [-0.2, 0) is 42.6 Å². The van der Waals surface area contributed by atoms with Crippen LogP contribution in [0.5, 0.6) is 0 Å². The van der Waals surface area contributed by atoms with Gasteiger partial charge in [0.25, 0.3) is 0 Å². The first-order valence-corrected chi connectivity index (χ1v) is 19.6. The van der Waals surface area contributed by atoms with Crippen molar-refractivity contribution in [2.45, 2.75) is 110 Å². The van der Waals surface area contributed by atoms with Crippen LogP contribution in [0.1, 0.15) is 110 Å². The third-order valence-corrected chi connectivity index (χ3v) is 7.80. The van der Waals surface area contributed by atoms with Gasteiger partial charge in [-0.05, 0) is 20.5 Å². The number of unbranched alkanes of at least 4 members (excludes halogenated alkanes) is 15. The Kier molecular flexibility index (Phi) is 44.2. The fourth-order valence-electron chi connectivity index (χ4n) is 4.86. The maximum atomic E-state index is 5.69. The summed E-state index contributed by atoms with van der Waals surface area (Å²) in [5.74, 6) is 0. The molecule has 0 amide bonds. The predicted molar refractivity (Wildman–Crippen MR) is 195 cm³/mol. The highest BCUT2D eigenvalue weighted by Gasteiger charge is 1.98. The summed E-state index contributed by atoms with van der Waals surface area (Å²) in [6.07, 6.45) is 22.3. The highest BCUT2D eigenvalue weighted by Crippen LogP contribution is 2.13. The molecule has 0 aliphatic heterocycles. The predicted octanol–water partition coefficient (Wildman–Crippen LogP) is 6.96. The highest BCUT2D eigenvalue weighted by atomic mass is 16.6. The number of hydrogen-bond acceptors (Lipinski definition) is 10. The van der Waals surface area contributed by atoms with Gasteiger partial charge in [0, 0.05) is 13.2 Å². The molecule has 0 radical (unpaired) electrons. The Bertz CT molecular complexity index is 560. The van der Waals surface area contributed by atoms with E-state index in [4.69, 9.17) is 42.6 Å². The van der Waals surface area contributed by atoms with Gasteiger partial charge in [0.1, 0.15) is 0 Å². The molecule has 0 saturated carbocycles. The van der Waals surface area contributed by atoms with Crippen molar-refractivity contribution in [3.63, 3.8) is 0 Å². The number of nitrogens with zero attached hydrogens (tertiary/aromatic N) is 1. The molecule has 0 atom stereocenters. The lowest BCUT2D eigenvalue weighted by Crippen LogP contribution is -2.19. The van der Waals surface area contributed by atoms with E-state index in [1.54, 1.807) is 0 Å². The summed E-state index contributed by atoms with van der Waals surface area (Å²) >= 11 is 0. The van der Waals surface area contributed by atoms with Crippen molar-refractivity contribution in [1.29, 1.82) is 0 Å². The Morgan fingerprint density at radius 3 is 0.708 bits per heavy atom. The second kappa shape index (κ2) is 44.6. The maximum Gasteiger partial charge on any atom is 0.0701 e. The molecule has 0 saturated heterocycles. The Hall–Kier alpha value is -0.400. The number of likely N-dealkylation sites (N-methyl/N-ethyl adjacent to an activating group) is 1. The number of hydrogen-bond donors (Lipinski definition) is 0. The van der Waals surface area contributed by atoms with E-state index in [9.17, 15) is 0 Å². The quantitative estimate of drug-likeness (QED) is 0.0625. The van der Waals surface area contributed by atoms with Gasteiger partial charge in [0.05, 0.1) is 112 Å². The van der Waals surface area contributed by atoms with Crippen molar-refractivity contribution in [2.75, 3.05) is 140 Å². The second-order valence-electron chi connectivity index (χ2n) is 12.6. The van der Waals surface area contributed by atoms with Crippen LogP contribution in [0.2, 0.25) is 0 Å². The average Bonchev–Trinajstić information content (AvgIpc) is 3.08. The highest BCUT2D eigenvalue weighted by molar-refractivity contribution is 4.50. The van der Waals surface area contributed by atoms with E-state index in [2.05, 4.69) is 11.8 Å². The van der Waals surface area contributed by atoms with Crippen LogP contribution in [-0.4, -0.2) is 144 Å². The summed E-state index contributed by atoms with van der Waals surface area (Å²) < 4.78 is 49.7. The van der Waals surface area contributed by atoms with E-state index < -0.39 is 0 Å². The monoisotopic (exact) mass is 694 g/mol. The molecular weight excluding hydrogens is 614 g/mol. The van der Waals surface area contributed by atoms with Crippen molar-refractivity contribution in [1.82, 2.24) is 4.90 Å². The minimum atomic E-state index is 0.539. The molecule has 0 aromatic carbocycles. The molecule has 0 unspecified atom stereocenters. The van der Waals surface area contributed by atoms with Crippen LogP contribution in [0.4, 0.5) is 0 Å². The van der Waals surface area contributed by atoms with Crippen molar-refractivity contribution in [3.8, 4) is 0 Å². The lowest BCUT2D eigenvalue weighted by Gasteiger charge is -2.10. The molecule has 0 rings (SSSR count). The van der Waals surface area contributed by atoms with E-state index >= 15 is 0 Å². The Labute approximate surface area is 296 Å². The summed E-state index contributed by atoms with van der Waals surface area (Å²) in [5.41, 5.74) is 0. The molecule has 0 aliphatic rings. The summed E-state index contributed by atoms with van der Waals surface area (Å²) in [5, 5.41) is 0. The van der Waals surface area contributed by atoms with Gasteiger partial charge in [-0.2, -0.15) is 0 Å². The standard InChI is InChI=1S/C38H79NO9/c1-4-5-6-7-8-9-10-11-12-13-14-15-16-17-18-19-21-40-23-25-42-27-29-44-31-33-46-35-37-48-38-36-47-34-32-45-30-28-43-26-24-41-22-20-39(2)3/h4-38H2,1-3H3. The second-order valence-corrected chi connectivity index (χ2v) is 12.6. The minimum Gasteiger partial charge on any atom is -0.379 e. The van der Waals surface area contributed by atoms with E-state index in [-0.39, 0.29) is 0 Å². The molecule has 0 aliphatic carbocycles. The molecule has 10 nitrogen and oxygen atoms in total. The van der Waals surface area contributed by atoms with Gasteiger partial charge >= 0.3 is 0 Å². The zero-order valence-corrected chi connectivity index (χ0v) is 31.9. The summed E-state index contributed by atoms with van der Waals surface area (Å²) in [7, 11) is 4.06. The summed E-state index contributed by atoms with van der Waals surface area (Å²) in [6.45, 7) is 13.9. The summed E-state index contributed by atoms with van der Waals surface area (Å²) in [4.78, 5) is 2.09. The molecular formula is C38H79NO9. The Morgan fingerprint density at radius 2 is 0.458 bits per heavy atom. The van der Waals surface area contributed by atoms with Crippen LogP contribution in [0.15, 0.2) is 0 Å². The van der Waals surface area contributed by atoms with Crippen LogP contribution in [0.25, 0.3) is 0 Å². The fraction of sp³-hybridized carbons (Fsp3) is 1.00. The van der Waals surface area contributed by atoms with E-state index in [1.165, 1.54) is 96.3 Å². The van der Waals surface area contributed by atoms with E-state index in [1.807, 2.05) is 14.1 Å². The Morgan fingerprint density at radius 1 is 0.250 bits per heavy atom. The van der Waals surface area contributed by atoms with Crippen LogP contribution < -0.4 is 0 Å². The zero-order valence-electron chi connectivity index (χ0n) is 31.9. The first-order valence-electron chi connectivity index (χ1n) is 19.6. The van der Waals surface area contributed by atoms with Gasteiger partial charge < -0.3 is 47.5 Å². The van der Waals surface area contributed by atoms with Gasteiger partial charge in [-0.25, -0.2) is 0 Å². The molecule has 10 heteroatoms. The van der Waals surface area contributed by atoms with Crippen molar-refractivity contribution in [2.24, 2.45) is 0 Å². The zero-order chi connectivity index (χ0) is 34.7. The van der Waals surface area contributed by atoms with Gasteiger partial charge in [-0.1, -0.05) is 103 Å². The Balaban J connectivity index is 3.04. The van der Waals surface area contributed by atoms with Crippen LogP contribution in [0, 0.1) is 0 Å². The molecule has 48 heavy (non-hydrogen) atoms. The van der Waals surface area contributed by atoms with E-state index in [0.717, 1.165) is 26.2 Å². The average molecular weight is 694 g/mol. The van der Waals surface area contributed by atoms with Gasteiger partial charge in [0.15, 0.2) is 0 Å². The minimum absolute atomic E-state index is 0.539. The molecule has 0 spiro atoms. The molecule has 0 aromatic heterocycles. The van der Waals surface area contributed by atoms with Gasteiger partial charge in [0.2, 0.25) is 0 Å². The smallest absolute Gasteiger partial charge is 0.0701 e. The summed E-state index contributed by atoms with van der Waals surface area (Å²) in [6, 6.07) is 0. The third-order valence-electron chi connectivity index (χ3n) is 7.80. The molecule has 0 heterocycles. The topological polar surface area (TPSA) is 86.3 Å². The lowest BCUT2D eigenvalue weighted by atomic mass is 10.0. The first kappa shape index (κ1) is 47.6. The van der Waals surface area contributed by atoms with Crippen molar-refractivity contribution in [3.05, 3.63) is 0 Å². The molecule has 0 bridgehead atoms. The van der Waals surface area contributed by atoms with E-state index in [0.29, 0.717) is 106 Å².